The molecule has 0 radical (unpaired) electrons. The summed E-state index contributed by atoms with van der Waals surface area (Å²) < 4.78 is 5.00. The average molecular weight is 262 g/mol. The fraction of sp³-hybridized carbons (Fsp3) is 0.600. The normalized spacial score (nSPS) is 20.2. The van der Waals surface area contributed by atoms with E-state index in [-0.39, 0.29) is 5.97 Å². The molecule has 2 rings (SSSR count). The summed E-state index contributed by atoms with van der Waals surface area (Å²) in [7, 11) is 0. The number of hydrogen-bond donors (Lipinski definition) is 0. The Balaban J connectivity index is 1.95. The van der Waals surface area contributed by atoms with Crippen molar-refractivity contribution in [2.75, 3.05) is 19.7 Å². The van der Waals surface area contributed by atoms with Crippen LogP contribution in [-0.2, 0) is 9.53 Å². The van der Waals surface area contributed by atoms with E-state index in [2.05, 4.69) is 16.0 Å². The van der Waals surface area contributed by atoms with Gasteiger partial charge in [0.05, 0.1) is 13.0 Å². The first-order valence-electron chi connectivity index (χ1n) is 7.11. The number of aromatic nitrogens is 1. The summed E-state index contributed by atoms with van der Waals surface area (Å²) >= 11 is 0. The van der Waals surface area contributed by atoms with Crippen molar-refractivity contribution in [3.63, 3.8) is 0 Å². The molecule has 4 heteroatoms. The van der Waals surface area contributed by atoms with Crippen molar-refractivity contribution in [1.29, 1.82) is 0 Å². The predicted octanol–water partition coefficient (Wildman–Crippen LogP) is 2.56. The van der Waals surface area contributed by atoms with Gasteiger partial charge < -0.3 is 4.74 Å². The third kappa shape index (κ3) is 4.03. The van der Waals surface area contributed by atoms with Gasteiger partial charge in [-0.1, -0.05) is 12.5 Å². The molecule has 1 aromatic heterocycles. The standard InChI is InChI=1S/C15H22N2O2/c1-2-19-15(18)8-11-17-10-4-3-7-14(17)13-6-5-9-16-12-13/h5-6,9,12,14H,2-4,7-8,10-11H2,1H3/t14-/m0/s1. The number of rotatable bonds is 5. The number of ether oxygens (including phenoxy) is 1. The van der Waals surface area contributed by atoms with Crippen molar-refractivity contribution in [2.24, 2.45) is 0 Å². The second-order valence-electron chi connectivity index (χ2n) is 4.89. The summed E-state index contributed by atoms with van der Waals surface area (Å²) in [5.41, 5.74) is 1.26. The quantitative estimate of drug-likeness (QED) is 0.765. The Morgan fingerprint density at radius 2 is 2.42 bits per heavy atom. The smallest absolute Gasteiger partial charge is 0.307 e. The minimum atomic E-state index is -0.0991. The number of piperidine rings is 1. The maximum Gasteiger partial charge on any atom is 0.307 e. The minimum Gasteiger partial charge on any atom is -0.466 e. The molecule has 1 atom stereocenters. The zero-order chi connectivity index (χ0) is 13.5. The van der Waals surface area contributed by atoms with E-state index in [0.717, 1.165) is 19.5 Å². The molecule has 1 aromatic rings. The molecular weight excluding hydrogens is 240 g/mol. The minimum absolute atomic E-state index is 0.0991. The average Bonchev–Trinajstić information content (AvgIpc) is 2.47. The van der Waals surface area contributed by atoms with Crippen molar-refractivity contribution >= 4 is 5.97 Å². The molecule has 19 heavy (non-hydrogen) atoms. The van der Waals surface area contributed by atoms with E-state index in [4.69, 9.17) is 4.74 Å². The molecule has 1 fully saturated rings. The highest BCUT2D eigenvalue weighted by Crippen LogP contribution is 2.30. The molecule has 1 aliphatic heterocycles. The third-order valence-electron chi connectivity index (χ3n) is 3.59. The van der Waals surface area contributed by atoms with E-state index < -0.39 is 0 Å². The van der Waals surface area contributed by atoms with Gasteiger partial charge in [0, 0.05) is 25.0 Å². The molecule has 0 bridgehead atoms. The topological polar surface area (TPSA) is 42.4 Å². The molecule has 0 amide bonds. The largest absolute Gasteiger partial charge is 0.466 e. The molecule has 0 N–H and O–H groups in total. The molecule has 0 aliphatic carbocycles. The number of likely N-dealkylation sites (tertiary alicyclic amines) is 1. The number of carbonyl (C=O) groups excluding carboxylic acids is 1. The number of hydrogen-bond acceptors (Lipinski definition) is 4. The summed E-state index contributed by atoms with van der Waals surface area (Å²) in [5, 5.41) is 0. The van der Waals surface area contributed by atoms with E-state index in [0.29, 0.717) is 19.1 Å². The Morgan fingerprint density at radius 3 is 3.16 bits per heavy atom. The number of esters is 1. The Labute approximate surface area is 114 Å². The lowest BCUT2D eigenvalue weighted by Crippen LogP contribution is -2.35. The van der Waals surface area contributed by atoms with E-state index in [1.807, 2.05) is 19.2 Å². The predicted molar refractivity (Wildman–Crippen MR) is 73.7 cm³/mol. The molecular formula is C15H22N2O2. The highest BCUT2D eigenvalue weighted by atomic mass is 16.5. The number of pyridine rings is 1. The zero-order valence-electron chi connectivity index (χ0n) is 11.5. The van der Waals surface area contributed by atoms with Gasteiger partial charge >= 0.3 is 5.97 Å². The molecule has 2 heterocycles. The fourth-order valence-electron chi connectivity index (χ4n) is 2.68. The van der Waals surface area contributed by atoms with Crippen molar-refractivity contribution in [1.82, 2.24) is 9.88 Å². The van der Waals surface area contributed by atoms with Crippen LogP contribution in [0.25, 0.3) is 0 Å². The molecule has 104 valence electrons. The zero-order valence-corrected chi connectivity index (χ0v) is 11.5. The van der Waals surface area contributed by atoms with Crippen LogP contribution in [0.4, 0.5) is 0 Å². The second-order valence-corrected chi connectivity index (χ2v) is 4.89. The molecule has 0 spiro atoms. The van der Waals surface area contributed by atoms with Crippen LogP contribution in [0.15, 0.2) is 24.5 Å². The summed E-state index contributed by atoms with van der Waals surface area (Å²) in [4.78, 5) is 18.1. The first-order valence-corrected chi connectivity index (χ1v) is 7.11. The Bertz CT molecular complexity index is 394. The maximum atomic E-state index is 11.5. The first-order chi connectivity index (χ1) is 9.31. The van der Waals surface area contributed by atoms with Crippen molar-refractivity contribution < 1.29 is 9.53 Å². The van der Waals surface area contributed by atoms with Gasteiger partial charge in [0.15, 0.2) is 0 Å². The van der Waals surface area contributed by atoms with Crippen molar-refractivity contribution in [3.8, 4) is 0 Å². The highest BCUT2D eigenvalue weighted by Gasteiger charge is 2.24. The van der Waals surface area contributed by atoms with Crippen LogP contribution in [0, 0.1) is 0 Å². The molecule has 4 nitrogen and oxygen atoms in total. The Morgan fingerprint density at radius 1 is 1.53 bits per heavy atom. The summed E-state index contributed by atoms with van der Waals surface area (Å²) in [5.74, 6) is -0.0991. The summed E-state index contributed by atoms with van der Waals surface area (Å²) in [6, 6.07) is 4.50. The van der Waals surface area contributed by atoms with Crippen LogP contribution < -0.4 is 0 Å². The first kappa shape index (κ1) is 14.0. The molecule has 1 aliphatic rings. The van der Waals surface area contributed by atoms with Crippen LogP contribution in [-0.4, -0.2) is 35.5 Å². The maximum absolute atomic E-state index is 11.5. The molecule has 0 unspecified atom stereocenters. The summed E-state index contributed by atoms with van der Waals surface area (Å²) in [6.45, 7) is 4.14. The van der Waals surface area contributed by atoms with Crippen molar-refractivity contribution in [3.05, 3.63) is 30.1 Å². The van der Waals surface area contributed by atoms with E-state index in [1.54, 1.807) is 6.20 Å². The van der Waals surface area contributed by atoms with Gasteiger partial charge in [0.2, 0.25) is 0 Å². The fourth-order valence-corrected chi connectivity index (χ4v) is 2.68. The van der Waals surface area contributed by atoms with E-state index >= 15 is 0 Å². The SMILES string of the molecule is CCOC(=O)CCN1CCCC[C@H]1c1cccnc1. The Kier molecular flexibility index (Phi) is 5.33. The van der Waals surface area contributed by atoms with Gasteiger partial charge in [-0.05, 0) is 37.9 Å². The van der Waals surface area contributed by atoms with Crippen LogP contribution in [0.2, 0.25) is 0 Å². The van der Waals surface area contributed by atoms with Gasteiger partial charge in [-0.15, -0.1) is 0 Å². The lowest BCUT2D eigenvalue weighted by atomic mass is 9.96. The number of nitrogens with zero attached hydrogens (tertiary/aromatic N) is 2. The number of carbonyl (C=O) groups is 1. The van der Waals surface area contributed by atoms with E-state index in [1.165, 1.54) is 18.4 Å². The summed E-state index contributed by atoms with van der Waals surface area (Å²) in [6.07, 6.45) is 7.82. The van der Waals surface area contributed by atoms with Crippen LogP contribution in [0.1, 0.15) is 44.2 Å². The van der Waals surface area contributed by atoms with Gasteiger partial charge in [-0.25, -0.2) is 0 Å². The lowest BCUT2D eigenvalue weighted by molar-refractivity contribution is -0.143. The Hall–Kier alpha value is -1.42. The van der Waals surface area contributed by atoms with Crippen molar-refractivity contribution in [2.45, 2.75) is 38.6 Å². The molecule has 0 aromatic carbocycles. The highest BCUT2D eigenvalue weighted by molar-refractivity contribution is 5.69. The van der Waals surface area contributed by atoms with Crippen LogP contribution in [0.3, 0.4) is 0 Å². The second kappa shape index (κ2) is 7.24. The van der Waals surface area contributed by atoms with Gasteiger partial charge in [-0.2, -0.15) is 0 Å². The molecule has 0 saturated carbocycles. The monoisotopic (exact) mass is 262 g/mol. The van der Waals surface area contributed by atoms with Gasteiger partial charge in [-0.3, -0.25) is 14.7 Å². The van der Waals surface area contributed by atoms with Crippen LogP contribution >= 0.6 is 0 Å². The lowest BCUT2D eigenvalue weighted by Gasteiger charge is -2.35. The third-order valence-corrected chi connectivity index (χ3v) is 3.59. The van der Waals surface area contributed by atoms with E-state index in [9.17, 15) is 4.79 Å². The van der Waals surface area contributed by atoms with Gasteiger partial charge in [0.1, 0.15) is 0 Å². The van der Waals surface area contributed by atoms with Gasteiger partial charge in [0.25, 0.3) is 0 Å². The van der Waals surface area contributed by atoms with Crippen LogP contribution in [0.5, 0.6) is 0 Å². The molecule has 1 saturated heterocycles.